The van der Waals surface area contributed by atoms with Gasteiger partial charge in [0, 0.05) is 16.9 Å². The van der Waals surface area contributed by atoms with Gasteiger partial charge in [0.05, 0.1) is 6.04 Å². The number of fused-ring (bicyclic) bond motifs is 1. The van der Waals surface area contributed by atoms with Gasteiger partial charge in [-0.25, -0.2) is 9.67 Å². The second-order valence-corrected chi connectivity index (χ2v) is 7.22. The molecule has 2 aliphatic rings. The molecule has 0 atom stereocenters. The SMILES string of the molecule is O=C(Nc1ccc(-c2nnnn2C2CC2)cc1)c1ccc2c(n1)CCCC2. The van der Waals surface area contributed by atoms with Crippen LogP contribution in [0.3, 0.4) is 0 Å². The van der Waals surface area contributed by atoms with Crippen LogP contribution in [-0.2, 0) is 12.8 Å². The summed E-state index contributed by atoms with van der Waals surface area (Å²) in [7, 11) is 0. The third-order valence-corrected chi connectivity index (χ3v) is 5.20. The molecule has 7 nitrogen and oxygen atoms in total. The zero-order valence-corrected chi connectivity index (χ0v) is 14.9. The van der Waals surface area contributed by atoms with Gasteiger partial charge in [-0.3, -0.25) is 4.79 Å². The smallest absolute Gasteiger partial charge is 0.274 e. The van der Waals surface area contributed by atoms with Crippen LogP contribution in [0.2, 0.25) is 0 Å². The van der Waals surface area contributed by atoms with E-state index in [9.17, 15) is 4.79 Å². The van der Waals surface area contributed by atoms with Crippen molar-refractivity contribution in [1.29, 1.82) is 0 Å². The summed E-state index contributed by atoms with van der Waals surface area (Å²) in [6.07, 6.45) is 6.62. The van der Waals surface area contributed by atoms with Crippen LogP contribution in [0, 0.1) is 0 Å². The summed E-state index contributed by atoms with van der Waals surface area (Å²) in [6.45, 7) is 0. The minimum absolute atomic E-state index is 0.182. The molecule has 3 aromatic rings. The number of nitrogens with zero attached hydrogens (tertiary/aromatic N) is 5. The number of nitrogens with one attached hydrogen (secondary N) is 1. The average molecular weight is 360 g/mol. The van der Waals surface area contributed by atoms with Gasteiger partial charge < -0.3 is 5.32 Å². The summed E-state index contributed by atoms with van der Waals surface area (Å²) in [6, 6.07) is 11.9. The van der Waals surface area contributed by atoms with Crippen LogP contribution < -0.4 is 5.32 Å². The Kier molecular flexibility index (Phi) is 3.92. The Hall–Kier alpha value is -3.09. The number of carbonyl (C=O) groups is 1. The molecule has 0 spiro atoms. The maximum absolute atomic E-state index is 12.6. The molecule has 136 valence electrons. The van der Waals surface area contributed by atoms with E-state index in [4.69, 9.17) is 0 Å². The largest absolute Gasteiger partial charge is 0.321 e. The van der Waals surface area contributed by atoms with Crippen LogP contribution in [0.5, 0.6) is 0 Å². The number of hydrogen-bond donors (Lipinski definition) is 1. The molecule has 2 heterocycles. The molecule has 1 saturated carbocycles. The fraction of sp³-hybridized carbons (Fsp3) is 0.350. The Labute approximate surface area is 156 Å². The van der Waals surface area contributed by atoms with Crippen molar-refractivity contribution in [3.8, 4) is 11.4 Å². The Bertz CT molecular complexity index is 990. The van der Waals surface area contributed by atoms with Gasteiger partial charge in [0.1, 0.15) is 5.69 Å². The van der Waals surface area contributed by atoms with E-state index < -0.39 is 0 Å². The first-order chi connectivity index (χ1) is 13.3. The lowest BCUT2D eigenvalue weighted by Crippen LogP contribution is -2.16. The van der Waals surface area contributed by atoms with E-state index in [1.165, 1.54) is 12.0 Å². The quantitative estimate of drug-likeness (QED) is 0.772. The topological polar surface area (TPSA) is 85.6 Å². The van der Waals surface area contributed by atoms with Crippen molar-refractivity contribution in [2.24, 2.45) is 0 Å². The second kappa shape index (κ2) is 6.57. The van der Waals surface area contributed by atoms with Gasteiger partial charge in [-0.2, -0.15) is 0 Å². The van der Waals surface area contributed by atoms with Crippen LogP contribution in [0.4, 0.5) is 5.69 Å². The molecule has 5 rings (SSSR count). The van der Waals surface area contributed by atoms with E-state index in [1.54, 1.807) is 0 Å². The predicted octanol–water partition coefficient (Wildman–Crippen LogP) is 3.20. The lowest BCUT2D eigenvalue weighted by Gasteiger charge is -2.15. The zero-order chi connectivity index (χ0) is 18.2. The molecule has 0 bridgehead atoms. The van der Waals surface area contributed by atoms with Crippen molar-refractivity contribution in [3.63, 3.8) is 0 Å². The van der Waals surface area contributed by atoms with E-state index in [2.05, 4.69) is 25.8 Å². The van der Waals surface area contributed by atoms with Gasteiger partial charge >= 0.3 is 0 Å². The third kappa shape index (κ3) is 3.20. The Morgan fingerprint density at radius 3 is 2.67 bits per heavy atom. The Balaban J connectivity index is 1.32. The summed E-state index contributed by atoms with van der Waals surface area (Å²) in [5.74, 6) is 0.589. The molecule has 1 amide bonds. The van der Waals surface area contributed by atoms with Gasteiger partial charge in [0.25, 0.3) is 5.91 Å². The number of anilines is 1. The standard InChI is InChI=1S/C20H20N6O/c27-20(18-12-7-13-3-1-2-4-17(13)22-18)21-15-8-5-14(6-9-15)19-23-24-25-26(19)16-10-11-16/h5-9,12,16H,1-4,10-11H2,(H,21,27). The number of aryl methyl sites for hydroxylation is 2. The molecule has 0 aliphatic heterocycles. The summed E-state index contributed by atoms with van der Waals surface area (Å²) in [4.78, 5) is 17.1. The molecule has 1 N–H and O–H groups in total. The number of tetrazole rings is 1. The molecule has 0 saturated heterocycles. The Morgan fingerprint density at radius 2 is 1.85 bits per heavy atom. The van der Waals surface area contributed by atoms with E-state index in [0.29, 0.717) is 11.7 Å². The monoisotopic (exact) mass is 360 g/mol. The maximum Gasteiger partial charge on any atom is 0.274 e. The van der Waals surface area contributed by atoms with Crippen LogP contribution in [-0.4, -0.2) is 31.1 Å². The molecular weight excluding hydrogens is 340 g/mol. The highest BCUT2D eigenvalue weighted by atomic mass is 16.1. The summed E-state index contributed by atoms with van der Waals surface area (Å²) in [5.41, 5.74) is 4.48. The summed E-state index contributed by atoms with van der Waals surface area (Å²) >= 11 is 0. The zero-order valence-electron chi connectivity index (χ0n) is 14.9. The van der Waals surface area contributed by atoms with Crippen LogP contribution in [0.25, 0.3) is 11.4 Å². The lowest BCUT2D eigenvalue weighted by molar-refractivity contribution is 0.102. The van der Waals surface area contributed by atoms with Crippen molar-refractivity contribution in [2.75, 3.05) is 5.32 Å². The first kappa shape index (κ1) is 16.1. The van der Waals surface area contributed by atoms with Gasteiger partial charge in [0.2, 0.25) is 0 Å². The molecule has 2 aromatic heterocycles. The average Bonchev–Trinajstić information content (AvgIpc) is 3.44. The molecule has 27 heavy (non-hydrogen) atoms. The minimum atomic E-state index is -0.182. The predicted molar refractivity (Wildman–Crippen MR) is 100 cm³/mol. The number of carbonyl (C=O) groups excluding carboxylic acids is 1. The summed E-state index contributed by atoms with van der Waals surface area (Å²) < 4.78 is 1.88. The first-order valence-electron chi connectivity index (χ1n) is 9.46. The Morgan fingerprint density at radius 1 is 1.04 bits per heavy atom. The van der Waals surface area contributed by atoms with Crippen molar-refractivity contribution >= 4 is 11.6 Å². The van der Waals surface area contributed by atoms with Gasteiger partial charge in [-0.15, -0.1) is 5.10 Å². The highest BCUT2D eigenvalue weighted by Gasteiger charge is 2.28. The second-order valence-electron chi connectivity index (χ2n) is 7.22. The van der Waals surface area contributed by atoms with Gasteiger partial charge in [-0.05, 0) is 84.8 Å². The number of aromatic nitrogens is 5. The van der Waals surface area contributed by atoms with Crippen LogP contribution in [0.1, 0.15) is 53.5 Å². The molecule has 2 aliphatic carbocycles. The highest BCUT2D eigenvalue weighted by molar-refractivity contribution is 6.03. The number of benzene rings is 1. The number of rotatable bonds is 4. The lowest BCUT2D eigenvalue weighted by atomic mass is 9.96. The van der Waals surface area contributed by atoms with E-state index >= 15 is 0 Å². The molecule has 7 heteroatoms. The fourth-order valence-electron chi connectivity index (χ4n) is 3.56. The molecule has 0 unspecified atom stereocenters. The fourth-order valence-corrected chi connectivity index (χ4v) is 3.56. The highest BCUT2D eigenvalue weighted by Crippen LogP contribution is 2.36. The van der Waals surface area contributed by atoms with Crippen LogP contribution in [0.15, 0.2) is 36.4 Å². The number of amides is 1. The van der Waals surface area contributed by atoms with E-state index in [0.717, 1.165) is 54.9 Å². The van der Waals surface area contributed by atoms with E-state index in [-0.39, 0.29) is 5.91 Å². The van der Waals surface area contributed by atoms with Crippen molar-refractivity contribution in [1.82, 2.24) is 25.2 Å². The van der Waals surface area contributed by atoms with Crippen molar-refractivity contribution < 1.29 is 4.79 Å². The molecule has 1 fully saturated rings. The normalized spacial score (nSPS) is 16.0. The maximum atomic E-state index is 12.6. The van der Waals surface area contributed by atoms with Gasteiger partial charge in [0.15, 0.2) is 5.82 Å². The minimum Gasteiger partial charge on any atom is -0.321 e. The van der Waals surface area contributed by atoms with Crippen LogP contribution >= 0.6 is 0 Å². The van der Waals surface area contributed by atoms with Gasteiger partial charge in [-0.1, -0.05) is 6.07 Å². The number of hydrogen-bond acceptors (Lipinski definition) is 5. The first-order valence-corrected chi connectivity index (χ1v) is 9.46. The summed E-state index contributed by atoms with van der Waals surface area (Å²) in [5, 5.41) is 14.9. The number of pyridine rings is 1. The molecular formula is C20H20N6O. The molecule has 0 radical (unpaired) electrons. The molecule has 1 aromatic carbocycles. The van der Waals surface area contributed by atoms with Crippen molar-refractivity contribution in [3.05, 3.63) is 53.3 Å². The van der Waals surface area contributed by atoms with Crippen molar-refractivity contribution in [2.45, 2.75) is 44.6 Å². The van der Waals surface area contributed by atoms with E-state index in [1.807, 2.05) is 41.1 Å². The third-order valence-electron chi connectivity index (χ3n) is 5.20.